The van der Waals surface area contributed by atoms with Crippen LogP contribution < -0.4 is 16.0 Å². The Morgan fingerprint density at radius 2 is 2.20 bits per heavy atom. The van der Waals surface area contributed by atoms with Gasteiger partial charge in [-0.1, -0.05) is 36.9 Å². The van der Waals surface area contributed by atoms with Crippen molar-refractivity contribution in [3.63, 3.8) is 0 Å². The highest BCUT2D eigenvalue weighted by atomic mass is 32.2. The first-order valence-corrected chi connectivity index (χ1v) is 7.38. The summed E-state index contributed by atoms with van der Waals surface area (Å²) >= 11 is 1.41. The van der Waals surface area contributed by atoms with Gasteiger partial charge in [0.15, 0.2) is 5.16 Å². The number of nitrogens with two attached hydrogens (primary N) is 1. The maximum atomic E-state index is 11.2. The van der Waals surface area contributed by atoms with Gasteiger partial charge in [0.05, 0.1) is 6.61 Å². The first-order chi connectivity index (χ1) is 9.69. The summed E-state index contributed by atoms with van der Waals surface area (Å²) in [5.41, 5.74) is 6.47. The second kappa shape index (κ2) is 7.00. The number of hydrogen-bond acceptors (Lipinski definition) is 5. The molecule has 0 aliphatic rings. The Morgan fingerprint density at radius 3 is 2.95 bits per heavy atom. The lowest BCUT2D eigenvalue weighted by molar-refractivity contribution is 0.340. The number of nitrogens with zero attached hydrogens (tertiary/aromatic N) is 1. The predicted molar refractivity (Wildman–Crippen MR) is 81.3 cm³/mol. The summed E-state index contributed by atoms with van der Waals surface area (Å²) in [5.74, 6) is 1.82. The molecule has 0 atom stereocenters. The van der Waals surface area contributed by atoms with E-state index in [9.17, 15) is 4.79 Å². The van der Waals surface area contributed by atoms with Gasteiger partial charge in [0.2, 0.25) is 0 Å². The van der Waals surface area contributed by atoms with Crippen LogP contribution in [-0.2, 0) is 6.42 Å². The molecule has 0 amide bonds. The van der Waals surface area contributed by atoms with Gasteiger partial charge in [0, 0.05) is 11.8 Å². The molecule has 0 aliphatic heterocycles. The summed E-state index contributed by atoms with van der Waals surface area (Å²) in [7, 11) is 0. The Morgan fingerprint density at radius 1 is 1.40 bits per heavy atom. The molecule has 0 saturated heterocycles. The largest absolute Gasteiger partial charge is 0.492 e. The van der Waals surface area contributed by atoms with Crippen LogP contribution in [0.3, 0.4) is 0 Å². The van der Waals surface area contributed by atoms with Crippen molar-refractivity contribution in [3.05, 3.63) is 46.2 Å². The van der Waals surface area contributed by atoms with Crippen molar-refractivity contribution in [2.45, 2.75) is 18.5 Å². The summed E-state index contributed by atoms with van der Waals surface area (Å²) in [6.07, 6.45) is 0.938. The third-order valence-electron chi connectivity index (χ3n) is 2.67. The number of benzene rings is 1. The van der Waals surface area contributed by atoms with Crippen LogP contribution in [0.1, 0.15) is 12.5 Å². The smallest absolute Gasteiger partial charge is 0.253 e. The van der Waals surface area contributed by atoms with E-state index in [2.05, 4.69) is 23.0 Å². The normalized spacial score (nSPS) is 10.4. The van der Waals surface area contributed by atoms with Crippen molar-refractivity contribution in [1.29, 1.82) is 0 Å². The standard InChI is InChI=1S/C14H17N3O2S/c1-2-10-5-3-4-6-11(10)19-7-8-20-14-16-12(15)9-13(18)17-14/h3-6,9H,2,7-8H2,1H3,(H3,15,16,17,18). The molecule has 0 radical (unpaired) electrons. The van der Waals surface area contributed by atoms with E-state index in [1.165, 1.54) is 23.4 Å². The van der Waals surface area contributed by atoms with Crippen molar-refractivity contribution in [2.75, 3.05) is 18.1 Å². The lowest BCUT2D eigenvalue weighted by Gasteiger charge is -2.09. The number of anilines is 1. The van der Waals surface area contributed by atoms with Gasteiger partial charge in [0.1, 0.15) is 11.6 Å². The maximum absolute atomic E-state index is 11.2. The zero-order valence-electron chi connectivity index (χ0n) is 11.3. The van der Waals surface area contributed by atoms with Crippen molar-refractivity contribution >= 4 is 17.6 Å². The van der Waals surface area contributed by atoms with Crippen molar-refractivity contribution in [3.8, 4) is 5.75 Å². The summed E-state index contributed by atoms with van der Waals surface area (Å²) in [6.45, 7) is 2.64. The van der Waals surface area contributed by atoms with Crippen LogP contribution in [0.25, 0.3) is 0 Å². The quantitative estimate of drug-likeness (QED) is 0.484. The van der Waals surface area contributed by atoms with Crippen molar-refractivity contribution in [1.82, 2.24) is 9.97 Å². The maximum Gasteiger partial charge on any atom is 0.253 e. The highest BCUT2D eigenvalue weighted by Crippen LogP contribution is 2.19. The second-order valence-corrected chi connectivity index (χ2v) is 5.22. The van der Waals surface area contributed by atoms with Crippen LogP contribution in [0, 0.1) is 0 Å². The lowest BCUT2D eigenvalue weighted by Crippen LogP contribution is -2.10. The molecule has 0 fully saturated rings. The Bertz CT molecular complexity index is 628. The molecule has 106 valence electrons. The van der Waals surface area contributed by atoms with Crippen LogP contribution in [0.15, 0.2) is 40.3 Å². The number of rotatable bonds is 6. The summed E-state index contributed by atoms with van der Waals surface area (Å²) in [5, 5.41) is 0.516. The van der Waals surface area contributed by atoms with Gasteiger partial charge in [-0.25, -0.2) is 4.98 Å². The Labute approximate surface area is 121 Å². The summed E-state index contributed by atoms with van der Waals surface area (Å²) in [4.78, 5) is 17.9. The molecule has 1 aromatic heterocycles. The van der Waals surface area contributed by atoms with Gasteiger partial charge in [-0.3, -0.25) is 4.79 Å². The minimum Gasteiger partial charge on any atom is -0.492 e. The molecule has 0 saturated carbocycles. The monoisotopic (exact) mass is 291 g/mol. The lowest BCUT2D eigenvalue weighted by atomic mass is 10.1. The fourth-order valence-corrected chi connectivity index (χ4v) is 2.45. The molecule has 0 bridgehead atoms. The van der Waals surface area contributed by atoms with Crippen molar-refractivity contribution < 1.29 is 4.74 Å². The van der Waals surface area contributed by atoms with Gasteiger partial charge < -0.3 is 15.5 Å². The molecule has 5 nitrogen and oxygen atoms in total. The zero-order valence-corrected chi connectivity index (χ0v) is 12.1. The van der Waals surface area contributed by atoms with E-state index >= 15 is 0 Å². The van der Waals surface area contributed by atoms with Crippen LogP contribution in [-0.4, -0.2) is 22.3 Å². The third kappa shape index (κ3) is 4.03. The molecular weight excluding hydrogens is 274 g/mol. The number of aryl methyl sites for hydroxylation is 1. The molecule has 2 rings (SSSR count). The Kier molecular flexibility index (Phi) is 5.06. The van der Waals surface area contributed by atoms with Gasteiger partial charge in [-0.15, -0.1) is 0 Å². The predicted octanol–water partition coefficient (Wildman–Crippen LogP) is 2.09. The first kappa shape index (κ1) is 14.5. The number of ether oxygens (including phenoxy) is 1. The average molecular weight is 291 g/mol. The fourth-order valence-electron chi connectivity index (χ4n) is 1.75. The summed E-state index contributed by atoms with van der Waals surface area (Å²) < 4.78 is 5.74. The number of aromatic nitrogens is 2. The highest BCUT2D eigenvalue weighted by Gasteiger charge is 2.02. The van der Waals surface area contributed by atoms with E-state index in [-0.39, 0.29) is 11.4 Å². The number of hydrogen-bond donors (Lipinski definition) is 2. The van der Waals surface area contributed by atoms with Crippen LogP contribution in [0.5, 0.6) is 5.75 Å². The third-order valence-corrected chi connectivity index (χ3v) is 3.51. The number of nitrogen functional groups attached to an aromatic ring is 1. The van der Waals surface area contributed by atoms with Gasteiger partial charge >= 0.3 is 0 Å². The number of para-hydroxylation sites is 1. The minimum absolute atomic E-state index is 0.230. The molecule has 20 heavy (non-hydrogen) atoms. The molecule has 3 N–H and O–H groups in total. The molecule has 0 aliphatic carbocycles. The van der Waals surface area contributed by atoms with Crippen LogP contribution in [0.2, 0.25) is 0 Å². The van der Waals surface area contributed by atoms with Gasteiger partial charge in [-0.05, 0) is 18.1 Å². The highest BCUT2D eigenvalue weighted by molar-refractivity contribution is 7.99. The van der Waals surface area contributed by atoms with Gasteiger partial charge in [0.25, 0.3) is 5.56 Å². The zero-order chi connectivity index (χ0) is 14.4. The Hall–Kier alpha value is -1.95. The fraction of sp³-hybridized carbons (Fsp3) is 0.286. The number of aromatic amines is 1. The van der Waals surface area contributed by atoms with Gasteiger partial charge in [-0.2, -0.15) is 0 Å². The number of thioether (sulfide) groups is 1. The van der Waals surface area contributed by atoms with E-state index in [4.69, 9.17) is 10.5 Å². The number of H-pyrrole nitrogens is 1. The molecule has 6 heteroatoms. The first-order valence-electron chi connectivity index (χ1n) is 6.39. The molecule has 2 aromatic rings. The van der Waals surface area contributed by atoms with E-state index in [1.54, 1.807) is 0 Å². The topological polar surface area (TPSA) is 81.0 Å². The molecule has 1 heterocycles. The van der Waals surface area contributed by atoms with Crippen LogP contribution in [0.4, 0.5) is 5.82 Å². The Balaban J connectivity index is 1.86. The average Bonchev–Trinajstić information content (AvgIpc) is 2.43. The summed E-state index contributed by atoms with van der Waals surface area (Å²) in [6, 6.07) is 9.24. The SMILES string of the molecule is CCc1ccccc1OCCSc1nc(N)cc(=O)[nH]1. The van der Waals surface area contributed by atoms with Crippen LogP contribution >= 0.6 is 11.8 Å². The molecule has 1 aromatic carbocycles. The number of nitrogens with one attached hydrogen (secondary N) is 1. The molecule has 0 unspecified atom stereocenters. The van der Waals surface area contributed by atoms with E-state index in [0.29, 0.717) is 17.5 Å². The molecule has 0 spiro atoms. The van der Waals surface area contributed by atoms with E-state index < -0.39 is 0 Å². The minimum atomic E-state index is -0.239. The molecular formula is C14H17N3O2S. The van der Waals surface area contributed by atoms with E-state index in [1.807, 2.05) is 18.2 Å². The second-order valence-electron chi connectivity index (χ2n) is 4.13. The van der Waals surface area contributed by atoms with E-state index in [0.717, 1.165) is 12.2 Å². The van der Waals surface area contributed by atoms with Crippen molar-refractivity contribution in [2.24, 2.45) is 0 Å².